The second kappa shape index (κ2) is 5.07. The standard InChI is InChI=1S/C9H5ClN4O3S/c10-5-1-2-6(7(3-5)14(16)17)8(15)12-9-13-11-4-18-9/h1-4H,(H,12,13,15). The Morgan fingerprint density at radius 1 is 1.50 bits per heavy atom. The minimum atomic E-state index is -0.666. The van der Waals surface area contributed by atoms with E-state index < -0.39 is 10.8 Å². The van der Waals surface area contributed by atoms with Crippen molar-refractivity contribution < 1.29 is 9.72 Å². The van der Waals surface area contributed by atoms with Gasteiger partial charge in [-0.3, -0.25) is 20.2 Å². The first-order chi connectivity index (χ1) is 8.58. The van der Waals surface area contributed by atoms with Crippen molar-refractivity contribution in [2.45, 2.75) is 0 Å². The van der Waals surface area contributed by atoms with Gasteiger partial charge in [0, 0.05) is 11.1 Å². The average Bonchev–Trinajstić information content (AvgIpc) is 2.81. The highest BCUT2D eigenvalue weighted by atomic mass is 35.5. The Bertz CT molecular complexity index is 602. The number of nitro benzene ring substituents is 1. The van der Waals surface area contributed by atoms with Gasteiger partial charge < -0.3 is 0 Å². The van der Waals surface area contributed by atoms with Crippen molar-refractivity contribution in [1.29, 1.82) is 0 Å². The van der Waals surface area contributed by atoms with Crippen LogP contribution in [0.2, 0.25) is 5.02 Å². The fourth-order valence-electron chi connectivity index (χ4n) is 1.24. The summed E-state index contributed by atoms with van der Waals surface area (Å²) < 4.78 is 0. The van der Waals surface area contributed by atoms with E-state index in [1.54, 1.807) is 0 Å². The monoisotopic (exact) mass is 284 g/mol. The van der Waals surface area contributed by atoms with Crippen LogP contribution in [0.1, 0.15) is 10.4 Å². The molecule has 0 bridgehead atoms. The molecule has 1 aromatic carbocycles. The number of halogens is 1. The molecule has 0 radical (unpaired) electrons. The van der Waals surface area contributed by atoms with Crippen molar-refractivity contribution in [3.8, 4) is 0 Å². The molecule has 1 heterocycles. The molecule has 0 aliphatic heterocycles. The summed E-state index contributed by atoms with van der Waals surface area (Å²) >= 11 is 6.77. The van der Waals surface area contributed by atoms with Gasteiger partial charge >= 0.3 is 0 Å². The van der Waals surface area contributed by atoms with Crippen molar-refractivity contribution in [2.75, 3.05) is 5.32 Å². The molecule has 0 spiro atoms. The van der Waals surface area contributed by atoms with Gasteiger partial charge in [0.2, 0.25) is 5.13 Å². The molecule has 0 aliphatic carbocycles. The van der Waals surface area contributed by atoms with Crippen LogP contribution >= 0.6 is 22.9 Å². The molecule has 7 nitrogen and oxygen atoms in total. The van der Waals surface area contributed by atoms with Gasteiger partial charge in [0.05, 0.1) is 4.92 Å². The third-order valence-electron chi connectivity index (χ3n) is 1.98. The number of carbonyl (C=O) groups is 1. The molecule has 2 rings (SSSR count). The average molecular weight is 285 g/mol. The van der Waals surface area contributed by atoms with Crippen molar-refractivity contribution in [1.82, 2.24) is 10.2 Å². The van der Waals surface area contributed by atoms with Crippen LogP contribution in [-0.4, -0.2) is 21.0 Å². The van der Waals surface area contributed by atoms with Crippen LogP contribution in [-0.2, 0) is 0 Å². The third-order valence-corrected chi connectivity index (χ3v) is 2.82. The van der Waals surface area contributed by atoms with Crippen LogP contribution in [0.25, 0.3) is 0 Å². The summed E-state index contributed by atoms with van der Waals surface area (Å²) in [5.74, 6) is -0.630. The van der Waals surface area contributed by atoms with E-state index >= 15 is 0 Å². The molecule has 9 heteroatoms. The van der Waals surface area contributed by atoms with Gasteiger partial charge in [-0.15, -0.1) is 10.2 Å². The number of hydrogen-bond donors (Lipinski definition) is 1. The number of rotatable bonds is 3. The molecule has 0 saturated heterocycles. The number of hydrogen-bond acceptors (Lipinski definition) is 6. The molecule has 1 aromatic heterocycles. The van der Waals surface area contributed by atoms with Crippen LogP contribution in [0, 0.1) is 10.1 Å². The maximum atomic E-state index is 11.8. The highest BCUT2D eigenvalue weighted by molar-refractivity contribution is 7.13. The third kappa shape index (κ3) is 2.60. The van der Waals surface area contributed by atoms with Crippen LogP contribution < -0.4 is 5.32 Å². The van der Waals surface area contributed by atoms with Crippen LogP contribution in [0.3, 0.4) is 0 Å². The molecule has 0 aliphatic rings. The molecule has 1 amide bonds. The van der Waals surface area contributed by atoms with Crippen LogP contribution in [0.4, 0.5) is 10.8 Å². The van der Waals surface area contributed by atoms with E-state index in [0.717, 1.165) is 17.4 Å². The molecule has 0 fully saturated rings. The Balaban J connectivity index is 2.32. The number of nitro groups is 1. The first kappa shape index (κ1) is 12.4. The molecule has 0 saturated carbocycles. The van der Waals surface area contributed by atoms with Crippen LogP contribution in [0.15, 0.2) is 23.7 Å². The van der Waals surface area contributed by atoms with E-state index in [1.807, 2.05) is 0 Å². The minimum Gasteiger partial charge on any atom is -0.296 e. The molecule has 0 unspecified atom stereocenters. The Labute approximate surface area is 110 Å². The summed E-state index contributed by atoms with van der Waals surface area (Å²) in [6, 6.07) is 3.82. The second-order valence-electron chi connectivity index (χ2n) is 3.12. The van der Waals surface area contributed by atoms with E-state index in [-0.39, 0.29) is 21.4 Å². The number of nitrogens with zero attached hydrogens (tertiary/aromatic N) is 3. The normalized spacial score (nSPS) is 10.1. The smallest absolute Gasteiger partial charge is 0.283 e. The largest absolute Gasteiger partial charge is 0.296 e. The van der Waals surface area contributed by atoms with Crippen molar-refractivity contribution in [3.05, 3.63) is 44.4 Å². The van der Waals surface area contributed by atoms with Crippen molar-refractivity contribution in [3.63, 3.8) is 0 Å². The van der Waals surface area contributed by atoms with Gasteiger partial charge in [0.1, 0.15) is 11.1 Å². The zero-order chi connectivity index (χ0) is 13.1. The molecule has 2 aromatic rings. The molecule has 18 heavy (non-hydrogen) atoms. The summed E-state index contributed by atoms with van der Waals surface area (Å²) in [6.07, 6.45) is 0. The molecule has 1 N–H and O–H groups in total. The lowest BCUT2D eigenvalue weighted by Crippen LogP contribution is -2.13. The zero-order valence-electron chi connectivity index (χ0n) is 8.66. The second-order valence-corrected chi connectivity index (χ2v) is 4.39. The summed E-state index contributed by atoms with van der Waals surface area (Å²) in [7, 11) is 0. The van der Waals surface area contributed by atoms with Gasteiger partial charge in [-0.2, -0.15) is 0 Å². The van der Waals surface area contributed by atoms with Crippen molar-refractivity contribution in [2.24, 2.45) is 0 Å². The van der Waals surface area contributed by atoms with Gasteiger partial charge in [-0.1, -0.05) is 22.9 Å². The zero-order valence-corrected chi connectivity index (χ0v) is 10.2. The Morgan fingerprint density at radius 2 is 2.28 bits per heavy atom. The maximum Gasteiger partial charge on any atom is 0.283 e. The van der Waals surface area contributed by atoms with Gasteiger partial charge in [0.25, 0.3) is 11.6 Å². The fraction of sp³-hybridized carbons (Fsp3) is 0. The molecular formula is C9H5ClN4O3S. The molecular weight excluding hydrogens is 280 g/mol. The number of nitrogens with one attached hydrogen (secondary N) is 1. The number of benzene rings is 1. The van der Waals surface area contributed by atoms with Gasteiger partial charge in [0.15, 0.2) is 0 Å². The number of carbonyl (C=O) groups excluding carboxylic acids is 1. The van der Waals surface area contributed by atoms with E-state index in [0.29, 0.717) is 0 Å². The number of anilines is 1. The van der Waals surface area contributed by atoms with Crippen molar-refractivity contribution >= 4 is 39.7 Å². The Kier molecular flexibility index (Phi) is 3.49. The number of amides is 1. The lowest BCUT2D eigenvalue weighted by atomic mass is 10.1. The summed E-state index contributed by atoms with van der Waals surface area (Å²) in [4.78, 5) is 22.0. The molecule has 0 atom stereocenters. The highest BCUT2D eigenvalue weighted by Crippen LogP contribution is 2.24. The fourth-order valence-corrected chi connectivity index (χ4v) is 1.85. The SMILES string of the molecule is O=C(Nc1nncs1)c1ccc(Cl)cc1[N+](=O)[O-]. The quantitative estimate of drug-likeness (QED) is 0.689. The minimum absolute atomic E-state index is 0.0837. The topological polar surface area (TPSA) is 98.0 Å². The Hall–Kier alpha value is -2.06. The van der Waals surface area contributed by atoms with E-state index in [9.17, 15) is 14.9 Å². The summed E-state index contributed by atoms with van der Waals surface area (Å²) in [5, 5.41) is 20.8. The first-order valence-corrected chi connectivity index (χ1v) is 5.85. The van der Waals surface area contributed by atoms with Crippen LogP contribution in [0.5, 0.6) is 0 Å². The maximum absolute atomic E-state index is 11.8. The summed E-state index contributed by atoms with van der Waals surface area (Å²) in [6.45, 7) is 0. The van der Waals surface area contributed by atoms with E-state index in [1.165, 1.54) is 17.6 Å². The first-order valence-electron chi connectivity index (χ1n) is 4.59. The number of aromatic nitrogens is 2. The van der Waals surface area contributed by atoms with Gasteiger partial charge in [-0.25, -0.2) is 0 Å². The van der Waals surface area contributed by atoms with E-state index in [2.05, 4.69) is 15.5 Å². The highest BCUT2D eigenvalue weighted by Gasteiger charge is 2.21. The van der Waals surface area contributed by atoms with E-state index in [4.69, 9.17) is 11.6 Å². The lowest BCUT2D eigenvalue weighted by Gasteiger charge is -2.02. The molecule has 92 valence electrons. The van der Waals surface area contributed by atoms with Gasteiger partial charge in [-0.05, 0) is 12.1 Å². The predicted molar refractivity (Wildman–Crippen MR) is 66.0 cm³/mol. The Morgan fingerprint density at radius 3 is 2.89 bits per heavy atom. The summed E-state index contributed by atoms with van der Waals surface area (Å²) in [5.41, 5.74) is 0.996. The predicted octanol–water partition coefficient (Wildman–Crippen LogP) is 2.35. The lowest BCUT2D eigenvalue weighted by molar-refractivity contribution is -0.385.